The molecule has 0 radical (unpaired) electrons. The monoisotopic (exact) mass is 447 g/mol. The molecular weight excluding hydrogens is 421 g/mol. The smallest absolute Gasteiger partial charge is 0.0226 e. The molecule has 0 aliphatic rings. The van der Waals surface area contributed by atoms with Gasteiger partial charge in [0.15, 0.2) is 0 Å². The van der Waals surface area contributed by atoms with Crippen LogP contribution in [0.25, 0.3) is 0 Å². The van der Waals surface area contributed by atoms with E-state index in [1.54, 1.807) is 0 Å². The number of hydrogen-bond donors (Lipinski definition) is 0. The molecule has 28 heavy (non-hydrogen) atoms. The van der Waals surface area contributed by atoms with E-state index >= 15 is 0 Å². The van der Waals surface area contributed by atoms with Crippen LogP contribution in [0.1, 0.15) is 0 Å². The first-order valence-corrected chi connectivity index (χ1v) is 10.6. The molecule has 0 aromatic heterocycles. The Morgan fingerprint density at radius 1 is 0.321 bits per heavy atom. The van der Waals surface area contributed by atoms with Gasteiger partial charge in [0.2, 0.25) is 0 Å². The van der Waals surface area contributed by atoms with Crippen molar-refractivity contribution in [1.29, 1.82) is 0 Å². The zero-order valence-electron chi connectivity index (χ0n) is 15.9. The predicted octanol–water partition coefficient (Wildman–Crippen LogP) is 4.81. The van der Waals surface area contributed by atoms with Crippen LogP contribution in [0, 0.1) is 7.43 Å². The summed E-state index contributed by atoms with van der Waals surface area (Å²) in [7, 11) is 1.55. The van der Waals surface area contributed by atoms with Gasteiger partial charge in [0.05, 0.1) is 0 Å². The SMILES string of the molecule is [CH3-].[CoH+].c1ccc(Pc2ccccc2)cc1.c1ccc(Pc2ccccc2)cc1. The van der Waals surface area contributed by atoms with Crippen molar-refractivity contribution < 1.29 is 16.8 Å². The van der Waals surface area contributed by atoms with E-state index in [2.05, 4.69) is 121 Å². The number of rotatable bonds is 4. The molecule has 4 aromatic carbocycles. The van der Waals surface area contributed by atoms with E-state index in [0.29, 0.717) is 0 Å². The minimum atomic E-state index is 0. The standard InChI is InChI=1S/2C12H11P.CH3.Co.H/c2*1-3-7-11(8-4-1)13-12-9-5-2-6-10-12;;;/h2*1-10,13H;1H3;;/q;;-1;+1;. The Kier molecular flexibility index (Phi) is 12.4. The van der Waals surface area contributed by atoms with Crippen molar-refractivity contribution in [3.05, 3.63) is 129 Å². The first-order valence-electron chi connectivity index (χ1n) is 8.64. The van der Waals surface area contributed by atoms with Gasteiger partial charge in [-0.2, -0.15) is 0 Å². The van der Waals surface area contributed by atoms with E-state index in [1.165, 1.54) is 21.2 Å². The zero-order valence-corrected chi connectivity index (χ0v) is 19.0. The molecule has 0 saturated carbocycles. The third-order valence-electron chi connectivity index (χ3n) is 3.67. The summed E-state index contributed by atoms with van der Waals surface area (Å²) in [4.78, 5) is 0. The molecule has 0 bridgehead atoms. The van der Waals surface area contributed by atoms with Crippen LogP contribution in [0.15, 0.2) is 121 Å². The van der Waals surface area contributed by atoms with Crippen LogP contribution in [0.5, 0.6) is 0 Å². The molecule has 0 heterocycles. The molecule has 4 rings (SSSR count). The van der Waals surface area contributed by atoms with Gasteiger partial charge < -0.3 is 7.43 Å². The Hall–Kier alpha value is -1.75. The molecule has 0 atom stereocenters. The van der Waals surface area contributed by atoms with Gasteiger partial charge in [-0.1, -0.05) is 138 Å². The molecule has 0 amide bonds. The molecule has 145 valence electrons. The normalized spacial score (nSPS) is 9.14. The van der Waals surface area contributed by atoms with Crippen LogP contribution in [0.3, 0.4) is 0 Å². The van der Waals surface area contributed by atoms with E-state index in [4.69, 9.17) is 0 Å². The largest absolute Gasteiger partial charge is 0.0622 e. The summed E-state index contributed by atoms with van der Waals surface area (Å²) < 4.78 is 0. The molecule has 0 spiro atoms. The van der Waals surface area contributed by atoms with E-state index in [9.17, 15) is 0 Å². The summed E-state index contributed by atoms with van der Waals surface area (Å²) in [5.41, 5.74) is 0. The maximum Gasteiger partial charge on any atom is -0.0226 e. The fraction of sp³-hybridized carbons (Fsp3) is 0. The minimum Gasteiger partial charge on any atom is -0.0622 e. The Morgan fingerprint density at radius 2 is 0.500 bits per heavy atom. The zero-order chi connectivity index (χ0) is 17.9. The fourth-order valence-corrected chi connectivity index (χ4v) is 4.52. The van der Waals surface area contributed by atoms with Crippen molar-refractivity contribution in [3.63, 3.8) is 0 Å². The first kappa shape index (κ1) is 24.3. The van der Waals surface area contributed by atoms with Crippen LogP contribution < -0.4 is 21.2 Å². The van der Waals surface area contributed by atoms with Crippen LogP contribution in [-0.2, 0) is 16.8 Å². The van der Waals surface area contributed by atoms with Crippen LogP contribution in [-0.4, -0.2) is 0 Å². The van der Waals surface area contributed by atoms with E-state index in [-0.39, 0.29) is 24.2 Å². The first-order chi connectivity index (χ1) is 12.9. The van der Waals surface area contributed by atoms with Crippen molar-refractivity contribution in [2.45, 2.75) is 0 Å². The molecule has 0 nitrogen and oxygen atoms in total. The molecule has 4 aromatic rings. The topological polar surface area (TPSA) is 0 Å². The van der Waals surface area contributed by atoms with Crippen LogP contribution >= 0.6 is 17.2 Å². The summed E-state index contributed by atoms with van der Waals surface area (Å²) in [5.74, 6) is 0. The van der Waals surface area contributed by atoms with Crippen LogP contribution in [0.2, 0.25) is 0 Å². The van der Waals surface area contributed by atoms with Gasteiger partial charge in [0.1, 0.15) is 0 Å². The van der Waals surface area contributed by atoms with E-state index in [1.807, 2.05) is 0 Å². The average molecular weight is 447 g/mol. The van der Waals surface area contributed by atoms with Crippen molar-refractivity contribution in [2.24, 2.45) is 0 Å². The fourth-order valence-electron chi connectivity index (χ4n) is 2.42. The molecular formula is C25H26CoP2. The van der Waals surface area contributed by atoms with Gasteiger partial charge in [-0.3, -0.25) is 0 Å². The maximum atomic E-state index is 2.17. The van der Waals surface area contributed by atoms with E-state index < -0.39 is 0 Å². The molecule has 3 heteroatoms. The summed E-state index contributed by atoms with van der Waals surface area (Å²) in [6.45, 7) is 0. The summed E-state index contributed by atoms with van der Waals surface area (Å²) in [6, 6.07) is 42.3. The Bertz CT molecular complexity index is 715. The van der Waals surface area contributed by atoms with Gasteiger partial charge >= 0.3 is 16.8 Å². The second-order valence-electron chi connectivity index (χ2n) is 5.71. The molecule has 0 N–H and O–H groups in total. The van der Waals surface area contributed by atoms with Crippen molar-refractivity contribution in [2.75, 3.05) is 0 Å². The molecule has 0 fully saturated rings. The Morgan fingerprint density at radius 3 is 0.679 bits per heavy atom. The second kappa shape index (κ2) is 14.3. The van der Waals surface area contributed by atoms with Gasteiger partial charge in [0.25, 0.3) is 0 Å². The molecule has 0 unspecified atom stereocenters. The summed E-state index contributed by atoms with van der Waals surface area (Å²) in [5, 5.41) is 5.59. The molecule has 0 aliphatic carbocycles. The third kappa shape index (κ3) is 8.96. The average Bonchev–Trinajstić information content (AvgIpc) is 2.72. The second-order valence-corrected chi connectivity index (χ2v) is 8.52. The van der Waals surface area contributed by atoms with Crippen molar-refractivity contribution in [1.82, 2.24) is 0 Å². The van der Waals surface area contributed by atoms with Gasteiger partial charge in [-0.25, -0.2) is 0 Å². The van der Waals surface area contributed by atoms with E-state index in [0.717, 1.165) is 17.2 Å². The third-order valence-corrected chi connectivity index (χ3v) is 6.16. The number of benzene rings is 4. The van der Waals surface area contributed by atoms with Crippen LogP contribution in [0.4, 0.5) is 0 Å². The van der Waals surface area contributed by atoms with Gasteiger partial charge in [0, 0.05) is 0 Å². The van der Waals surface area contributed by atoms with Gasteiger partial charge in [-0.15, -0.1) is 0 Å². The van der Waals surface area contributed by atoms with Gasteiger partial charge in [-0.05, 0) is 21.2 Å². The number of hydrogen-bond acceptors (Lipinski definition) is 0. The minimum absolute atomic E-state index is 0. The summed E-state index contributed by atoms with van der Waals surface area (Å²) in [6.07, 6.45) is 0. The maximum absolute atomic E-state index is 2.17. The predicted molar refractivity (Wildman–Crippen MR) is 129 cm³/mol. The quantitative estimate of drug-likeness (QED) is 0.311. The molecule has 0 saturated heterocycles. The van der Waals surface area contributed by atoms with Crippen molar-refractivity contribution in [3.8, 4) is 0 Å². The summed E-state index contributed by atoms with van der Waals surface area (Å²) >= 11 is 0. The Balaban J connectivity index is 0.000000261. The molecule has 0 aliphatic heterocycles. The Labute approximate surface area is 183 Å². The van der Waals surface area contributed by atoms with Crippen molar-refractivity contribution >= 4 is 38.4 Å².